The van der Waals surface area contributed by atoms with Crippen LogP contribution in [0.5, 0.6) is 0 Å². The molecule has 0 aliphatic rings. The Kier molecular flexibility index (Phi) is 21.4. The third kappa shape index (κ3) is 52.4. The van der Waals surface area contributed by atoms with E-state index >= 15 is 0 Å². The normalized spacial score (nSPS) is 8.65. The summed E-state index contributed by atoms with van der Waals surface area (Å²) in [6, 6.07) is 0. The van der Waals surface area contributed by atoms with Gasteiger partial charge in [-0.1, -0.05) is 33.4 Å². The summed E-state index contributed by atoms with van der Waals surface area (Å²) in [5, 5.41) is 0. The zero-order valence-electron chi connectivity index (χ0n) is 11.8. The first-order valence-electron chi connectivity index (χ1n) is 5.96. The lowest BCUT2D eigenvalue weighted by molar-refractivity contribution is 0.421. The van der Waals surface area contributed by atoms with Gasteiger partial charge in [-0.05, 0) is 37.4 Å². The average molecular weight is 238 g/mol. The molecule has 0 amide bonds. The fourth-order valence-corrected chi connectivity index (χ4v) is 0.804. The molecule has 0 saturated heterocycles. The maximum Gasteiger partial charge on any atom is 0.00865 e. The van der Waals surface area contributed by atoms with Crippen LogP contribution in [0, 0.1) is 17.8 Å². The van der Waals surface area contributed by atoms with E-state index in [4.69, 9.17) is 12.2 Å². The second kappa shape index (κ2) is 17.2. The van der Waals surface area contributed by atoms with Crippen molar-refractivity contribution in [1.29, 1.82) is 0 Å². The molecule has 0 heterocycles. The summed E-state index contributed by atoms with van der Waals surface area (Å²) in [7, 11) is 0. The molecule has 2 nitrogen and oxygen atoms in total. The highest BCUT2D eigenvalue weighted by Crippen LogP contribution is 2.17. The fourth-order valence-electron chi connectivity index (χ4n) is 0.804. The van der Waals surface area contributed by atoms with Crippen LogP contribution in [0.3, 0.4) is 0 Å². The zero-order valence-corrected chi connectivity index (χ0v) is 11.8. The van der Waals surface area contributed by atoms with Gasteiger partial charge in [0.15, 0.2) is 0 Å². The molecular formula is C15H30N2. The monoisotopic (exact) mass is 238 g/mol. The molecule has 4 N–H and O–H groups in total. The predicted molar refractivity (Wildman–Crippen MR) is 80.4 cm³/mol. The van der Waals surface area contributed by atoms with Gasteiger partial charge in [0.05, 0.1) is 0 Å². The quantitative estimate of drug-likeness (QED) is 0.448. The van der Waals surface area contributed by atoms with E-state index in [0.717, 1.165) is 32.2 Å². The van der Waals surface area contributed by atoms with Crippen molar-refractivity contribution in [1.82, 2.24) is 0 Å². The minimum atomic E-state index is 0.432. The van der Waals surface area contributed by atoms with Crippen molar-refractivity contribution in [2.45, 2.75) is 46.5 Å². The topological polar surface area (TPSA) is 52.0 Å². The van der Waals surface area contributed by atoms with E-state index in [1.807, 2.05) is 6.08 Å². The van der Waals surface area contributed by atoms with E-state index in [1.54, 1.807) is 0 Å². The van der Waals surface area contributed by atoms with E-state index < -0.39 is 0 Å². The van der Waals surface area contributed by atoms with Crippen LogP contribution in [0.25, 0.3) is 0 Å². The first-order valence-corrected chi connectivity index (χ1v) is 5.96. The number of nitrogens with two attached hydrogens (primary N) is 2. The summed E-state index contributed by atoms with van der Waals surface area (Å²) in [5.74, 6) is 2.55. The minimum absolute atomic E-state index is 0.432. The predicted octanol–water partition coefficient (Wildman–Crippen LogP) is 3.45. The molecule has 0 aromatic rings. The third-order valence-electron chi connectivity index (χ3n) is 1.53. The highest BCUT2D eigenvalue weighted by atomic mass is 14.5. The lowest BCUT2D eigenvalue weighted by atomic mass is 9.93. The van der Waals surface area contributed by atoms with Crippen LogP contribution in [0.1, 0.15) is 46.5 Å². The van der Waals surface area contributed by atoms with Gasteiger partial charge in [-0.25, -0.2) is 0 Å². The van der Waals surface area contributed by atoms with Gasteiger partial charge in [-0.3, -0.25) is 0 Å². The minimum Gasteiger partial charge on any atom is -0.405 e. The number of allylic oxidation sites excluding steroid dienone is 1. The van der Waals surface area contributed by atoms with Gasteiger partial charge in [-0.15, -0.1) is 18.9 Å². The first-order chi connectivity index (χ1) is 7.89. The zero-order chi connectivity index (χ0) is 14.2. The lowest BCUT2D eigenvalue weighted by Crippen LogP contribution is -2.01. The van der Waals surface area contributed by atoms with E-state index in [-0.39, 0.29) is 0 Å². The van der Waals surface area contributed by atoms with Crippen LogP contribution in [0.4, 0.5) is 0 Å². The second-order valence-electron chi connectivity index (χ2n) is 4.74. The maximum atomic E-state index is 5.20. The van der Waals surface area contributed by atoms with Crippen LogP contribution < -0.4 is 11.5 Å². The number of hydrogen-bond donors (Lipinski definition) is 2. The van der Waals surface area contributed by atoms with Gasteiger partial charge in [0.1, 0.15) is 0 Å². The number of rotatable bonds is 4. The van der Waals surface area contributed by atoms with Gasteiger partial charge >= 0.3 is 0 Å². The van der Waals surface area contributed by atoms with Gasteiger partial charge in [0, 0.05) is 6.42 Å². The first kappa shape index (κ1) is 21.1. The van der Waals surface area contributed by atoms with Gasteiger partial charge in [0.25, 0.3) is 0 Å². The number of hydrogen-bond acceptors (Lipinski definition) is 2. The Balaban J connectivity index is -0.000000188. The fraction of sp³-hybridized carbons (Fsp3) is 0.600. The maximum absolute atomic E-state index is 5.20. The summed E-state index contributed by atoms with van der Waals surface area (Å²) in [4.78, 5) is 0. The second-order valence-corrected chi connectivity index (χ2v) is 4.74. The lowest BCUT2D eigenvalue weighted by Gasteiger charge is -2.13. The molecule has 17 heavy (non-hydrogen) atoms. The summed E-state index contributed by atoms with van der Waals surface area (Å²) < 4.78 is 0. The Hall–Kier alpha value is -1.20. The van der Waals surface area contributed by atoms with Crippen LogP contribution in [-0.2, 0) is 0 Å². The van der Waals surface area contributed by atoms with Gasteiger partial charge < -0.3 is 11.5 Å². The summed E-state index contributed by atoms with van der Waals surface area (Å²) >= 11 is 0. The van der Waals surface area contributed by atoms with E-state index in [2.05, 4.69) is 45.6 Å². The molecule has 0 fully saturated rings. The molecule has 0 atom stereocenters. The summed E-state index contributed by atoms with van der Waals surface area (Å²) in [6.45, 7) is 14.2. The van der Waals surface area contributed by atoms with Crippen LogP contribution in [0.15, 0.2) is 25.4 Å². The van der Waals surface area contributed by atoms with Crippen LogP contribution in [-0.4, -0.2) is 6.54 Å². The van der Waals surface area contributed by atoms with Crippen LogP contribution >= 0.6 is 0 Å². The van der Waals surface area contributed by atoms with E-state index in [9.17, 15) is 0 Å². The molecule has 100 valence electrons. The molecule has 0 aliphatic carbocycles. The van der Waals surface area contributed by atoms with Crippen molar-refractivity contribution in [2.75, 3.05) is 6.54 Å². The Morgan fingerprint density at radius 3 is 1.88 bits per heavy atom. The number of unbranched alkanes of at least 4 members (excludes halogenated alkanes) is 2. The summed E-state index contributed by atoms with van der Waals surface area (Å²) in [6.07, 6.45) is 12.3. The smallest absolute Gasteiger partial charge is 0.00865 e. The van der Waals surface area contributed by atoms with E-state index in [0.29, 0.717) is 5.41 Å². The van der Waals surface area contributed by atoms with Crippen molar-refractivity contribution < 1.29 is 0 Å². The standard InChI is InChI=1S/C7H14.C6H11N.C2H5N/c1-5-6-7(2,3)4;1-2-3-4-5-6-7;1-2-3/h5H,1,6H2,2-4H3;1H,3-7H2;2H,1,3H2. The van der Waals surface area contributed by atoms with Crippen molar-refractivity contribution in [3.63, 3.8) is 0 Å². The van der Waals surface area contributed by atoms with Gasteiger partial charge in [-0.2, -0.15) is 0 Å². The summed E-state index contributed by atoms with van der Waals surface area (Å²) in [5.41, 5.74) is 10.2. The van der Waals surface area contributed by atoms with Crippen molar-refractivity contribution in [3.05, 3.63) is 25.4 Å². The largest absolute Gasteiger partial charge is 0.405 e. The van der Waals surface area contributed by atoms with Gasteiger partial charge in [0.2, 0.25) is 0 Å². The molecule has 0 radical (unpaired) electrons. The number of terminal acetylenes is 1. The molecule has 0 bridgehead atoms. The molecular weight excluding hydrogens is 208 g/mol. The van der Waals surface area contributed by atoms with Crippen molar-refractivity contribution >= 4 is 0 Å². The Bertz CT molecular complexity index is 194. The highest BCUT2D eigenvalue weighted by molar-refractivity contribution is 4.82. The molecule has 0 unspecified atom stereocenters. The Morgan fingerprint density at radius 2 is 1.71 bits per heavy atom. The molecule has 0 aromatic heterocycles. The van der Waals surface area contributed by atoms with E-state index in [1.165, 1.54) is 6.20 Å². The highest BCUT2D eigenvalue weighted by Gasteiger charge is 2.04. The van der Waals surface area contributed by atoms with Crippen molar-refractivity contribution in [2.24, 2.45) is 16.9 Å². The molecule has 0 saturated carbocycles. The SMILES string of the molecule is C#CCCCCN.C=CCC(C)(C)C.C=CN. The average Bonchev–Trinajstić information content (AvgIpc) is 2.19. The Morgan fingerprint density at radius 1 is 1.24 bits per heavy atom. The third-order valence-corrected chi connectivity index (χ3v) is 1.53. The van der Waals surface area contributed by atoms with Crippen LogP contribution in [0.2, 0.25) is 0 Å². The molecule has 2 heteroatoms. The molecule has 0 spiro atoms. The molecule has 0 rings (SSSR count). The molecule has 0 aliphatic heterocycles. The molecule has 0 aromatic carbocycles. The Labute approximate surface area is 108 Å². The van der Waals surface area contributed by atoms with Crippen molar-refractivity contribution in [3.8, 4) is 12.3 Å².